The largest absolute Gasteiger partial charge is 0.394 e. The van der Waals surface area contributed by atoms with E-state index in [1.54, 1.807) is 6.21 Å². The molecule has 0 saturated heterocycles. The molecule has 1 aromatic rings. The van der Waals surface area contributed by atoms with E-state index in [-0.39, 0.29) is 11.8 Å². The number of hydrogen-bond donors (Lipinski definition) is 2. The molecule has 18 heavy (non-hydrogen) atoms. The van der Waals surface area contributed by atoms with Crippen molar-refractivity contribution in [3.63, 3.8) is 0 Å². The molecule has 0 spiro atoms. The summed E-state index contributed by atoms with van der Waals surface area (Å²) in [5.74, 6) is -0.0816. The van der Waals surface area contributed by atoms with Crippen LogP contribution in [0.5, 0.6) is 0 Å². The van der Waals surface area contributed by atoms with E-state index < -0.39 is 0 Å². The first-order chi connectivity index (χ1) is 8.72. The Balaban J connectivity index is 2.12. The molecule has 6 heteroatoms. The van der Waals surface area contributed by atoms with Gasteiger partial charge in [-0.25, -0.2) is 0 Å². The van der Waals surface area contributed by atoms with Gasteiger partial charge < -0.3 is 15.6 Å². The SMILES string of the molecule is NC(=O)C1CCCc2cc(/C=N/OCCCl)[nH]c21. The number of aromatic nitrogens is 1. The van der Waals surface area contributed by atoms with Crippen molar-refractivity contribution in [2.75, 3.05) is 12.5 Å². The predicted octanol–water partition coefficient (Wildman–Crippen LogP) is 1.51. The number of halogens is 1. The average Bonchev–Trinajstić information content (AvgIpc) is 2.76. The summed E-state index contributed by atoms with van der Waals surface area (Å²) in [6.45, 7) is 0.377. The first-order valence-corrected chi connectivity index (χ1v) is 6.48. The van der Waals surface area contributed by atoms with Crippen LogP contribution in [0, 0.1) is 0 Å². The molecule has 0 fully saturated rings. The number of hydrogen-bond acceptors (Lipinski definition) is 3. The lowest BCUT2D eigenvalue weighted by Gasteiger charge is -2.19. The van der Waals surface area contributed by atoms with Crippen molar-refractivity contribution in [3.8, 4) is 0 Å². The summed E-state index contributed by atoms with van der Waals surface area (Å²) in [6, 6.07) is 1.98. The second kappa shape index (κ2) is 5.91. The van der Waals surface area contributed by atoms with Crippen LogP contribution in [0.4, 0.5) is 0 Å². The third kappa shape index (κ3) is 2.85. The van der Waals surface area contributed by atoms with Gasteiger partial charge in [0.25, 0.3) is 0 Å². The summed E-state index contributed by atoms with van der Waals surface area (Å²) in [5.41, 5.74) is 8.29. The number of nitrogens with two attached hydrogens (primary N) is 1. The van der Waals surface area contributed by atoms with Gasteiger partial charge in [-0.15, -0.1) is 11.6 Å². The van der Waals surface area contributed by atoms with Crippen molar-refractivity contribution in [2.45, 2.75) is 25.2 Å². The van der Waals surface area contributed by atoms with Crippen LogP contribution in [0.15, 0.2) is 11.2 Å². The van der Waals surface area contributed by atoms with Crippen LogP contribution in [-0.4, -0.2) is 29.6 Å². The van der Waals surface area contributed by atoms with Gasteiger partial charge in [0.2, 0.25) is 5.91 Å². The van der Waals surface area contributed by atoms with Crippen LogP contribution < -0.4 is 5.73 Å². The number of alkyl halides is 1. The first-order valence-electron chi connectivity index (χ1n) is 5.94. The number of oxime groups is 1. The maximum atomic E-state index is 11.4. The first kappa shape index (κ1) is 13.0. The highest BCUT2D eigenvalue weighted by molar-refractivity contribution is 6.17. The predicted molar refractivity (Wildman–Crippen MR) is 69.9 cm³/mol. The lowest BCUT2D eigenvalue weighted by Crippen LogP contribution is -2.24. The number of aromatic amines is 1. The summed E-state index contributed by atoms with van der Waals surface area (Å²) < 4.78 is 0. The Morgan fingerprint density at radius 1 is 1.72 bits per heavy atom. The van der Waals surface area contributed by atoms with Crippen molar-refractivity contribution in [2.24, 2.45) is 10.9 Å². The molecule has 2 rings (SSSR count). The van der Waals surface area contributed by atoms with Crippen LogP contribution in [-0.2, 0) is 16.1 Å². The molecule has 1 atom stereocenters. The van der Waals surface area contributed by atoms with Crippen molar-refractivity contribution in [3.05, 3.63) is 23.0 Å². The zero-order chi connectivity index (χ0) is 13.0. The summed E-state index contributed by atoms with van der Waals surface area (Å²) in [5, 5.41) is 3.79. The lowest BCUT2D eigenvalue weighted by molar-refractivity contribution is -0.119. The fourth-order valence-electron chi connectivity index (χ4n) is 2.23. The third-order valence-electron chi connectivity index (χ3n) is 3.02. The van der Waals surface area contributed by atoms with E-state index in [0.717, 1.165) is 36.2 Å². The minimum Gasteiger partial charge on any atom is -0.394 e. The number of aryl methyl sites for hydroxylation is 1. The molecule has 0 radical (unpaired) electrons. The molecule has 1 aliphatic rings. The quantitative estimate of drug-likeness (QED) is 0.368. The maximum Gasteiger partial charge on any atom is 0.226 e. The third-order valence-corrected chi connectivity index (χ3v) is 3.17. The van der Waals surface area contributed by atoms with E-state index in [1.165, 1.54) is 0 Å². The Hall–Kier alpha value is -1.49. The van der Waals surface area contributed by atoms with Crippen LogP contribution >= 0.6 is 11.6 Å². The fraction of sp³-hybridized carbons (Fsp3) is 0.500. The number of fused-ring (bicyclic) bond motifs is 1. The van der Waals surface area contributed by atoms with E-state index in [9.17, 15) is 4.79 Å². The highest BCUT2D eigenvalue weighted by Crippen LogP contribution is 2.31. The average molecular weight is 270 g/mol. The molecular weight excluding hydrogens is 254 g/mol. The molecule has 3 N–H and O–H groups in total. The van der Waals surface area contributed by atoms with Gasteiger partial charge in [0.05, 0.1) is 23.7 Å². The Morgan fingerprint density at radius 3 is 3.28 bits per heavy atom. The molecule has 0 aliphatic heterocycles. The Bertz CT molecular complexity index is 456. The number of primary amides is 1. The lowest BCUT2D eigenvalue weighted by atomic mass is 9.87. The monoisotopic (exact) mass is 269 g/mol. The second-order valence-corrected chi connectivity index (χ2v) is 4.65. The molecule has 0 aromatic carbocycles. The minimum absolute atomic E-state index is 0.209. The molecule has 1 aliphatic carbocycles. The van der Waals surface area contributed by atoms with Gasteiger partial charge in [-0.1, -0.05) is 5.16 Å². The van der Waals surface area contributed by atoms with Crippen LogP contribution in [0.1, 0.15) is 35.7 Å². The van der Waals surface area contributed by atoms with Gasteiger partial charge >= 0.3 is 0 Å². The molecule has 1 aromatic heterocycles. The number of amides is 1. The molecule has 0 bridgehead atoms. The summed E-state index contributed by atoms with van der Waals surface area (Å²) in [6.07, 6.45) is 4.34. The van der Waals surface area contributed by atoms with Crippen molar-refractivity contribution < 1.29 is 9.63 Å². The van der Waals surface area contributed by atoms with Crippen LogP contribution in [0.3, 0.4) is 0 Å². The Kier molecular flexibility index (Phi) is 4.25. The zero-order valence-electron chi connectivity index (χ0n) is 9.99. The molecular formula is C12H16ClN3O2. The maximum absolute atomic E-state index is 11.4. The van der Waals surface area contributed by atoms with E-state index >= 15 is 0 Å². The van der Waals surface area contributed by atoms with E-state index in [2.05, 4.69) is 10.1 Å². The van der Waals surface area contributed by atoms with Gasteiger partial charge in [0.1, 0.15) is 6.61 Å². The number of nitrogens with zero attached hydrogens (tertiary/aromatic N) is 1. The summed E-state index contributed by atoms with van der Waals surface area (Å²) in [4.78, 5) is 19.5. The van der Waals surface area contributed by atoms with E-state index in [0.29, 0.717) is 12.5 Å². The number of rotatable bonds is 5. The van der Waals surface area contributed by atoms with Crippen molar-refractivity contribution in [1.29, 1.82) is 0 Å². The van der Waals surface area contributed by atoms with Gasteiger partial charge in [0, 0.05) is 5.69 Å². The zero-order valence-corrected chi connectivity index (χ0v) is 10.7. The van der Waals surface area contributed by atoms with Gasteiger partial charge in [0.15, 0.2) is 0 Å². The molecule has 1 unspecified atom stereocenters. The van der Waals surface area contributed by atoms with Crippen LogP contribution in [0.25, 0.3) is 0 Å². The standard InChI is InChI=1S/C12H16ClN3O2/c13-4-5-18-15-7-9-6-8-2-1-3-10(12(14)17)11(8)16-9/h6-7,10,16H,1-5H2,(H2,14,17)/b15-7+. The Morgan fingerprint density at radius 2 is 2.56 bits per heavy atom. The molecule has 1 heterocycles. The highest BCUT2D eigenvalue weighted by atomic mass is 35.5. The smallest absolute Gasteiger partial charge is 0.226 e. The van der Waals surface area contributed by atoms with E-state index in [1.807, 2.05) is 6.07 Å². The highest BCUT2D eigenvalue weighted by Gasteiger charge is 2.26. The number of nitrogens with one attached hydrogen (secondary N) is 1. The molecule has 5 nitrogen and oxygen atoms in total. The van der Waals surface area contributed by atoms with Crippen LogP contribution in [0.2, 0.25) is 0 Å². The summed E-state index contributed by atoms with van der Waals surface area (Å²) in [7, 11) is 0. The molecule has 0 saturated carbocycles. The van der Waals surface area contributed by atoms with Gasteiger partial charge in [-0.05, 0) is 30.9 Å². The molecule has 98 valence electrons. The summed E-state index contributed by atoms with van der Waals surface area (Å²) >= 11 is 5.46. The topological polar surface area (TPSA) is 80.5 Å². The van der Waals surface area contributed by atoms with Crippen molar-refractivity contribution in [1.82, 2.24) is 4.98 Å². The molecule has 1 amide bonds. The van der Waals surface area contributed by atoms with Gasteiger partial charge in [-0.3, -0.25) is 4.79 Å². The van der Waals surface area contributed by atoms with E-state index in [4.69, 9.17) is 22.2 Å². The number of H-pyrrole nitrogens is 1. The minimum atomic E-state index is -0.278. The number of carbonyl (C=O) groups excluding carboxylic acids is 1. The number of carbonyl (C=O) groups is 1. The second-order valence-electron chi connectivity index (χ2n) is 4.27. The van der Waals surface area contributed by atoms with Crippen molar-refractivity contribution >= 4 is 23.7 Å². The normalized spacial score (nSPS) is 18.8. The van der Waals surface area contributed by atoms with Gasteiger partial charge in [-0.2, -0.15) is 0 Å². The fourth-order valence-corrected chi connectivity index (χ4v) is 2.30. The Labute approximate surface area is 110 Å².